The van der Waals surface area contributed by atoms with Gasteiger partial charge >= 0.3 is 0 Å². The van der Waals surface area contributed by atoms with Gasteiger partial charge in [-0.15, -0.1) is 11.8 Å². The molecule has 1 heterocycles. The normalized spacial score (nSPS) is 12.7. The van der Waals surface area contributed by atoms with E-state index in [0.717, 1.165) is 4.90 Å². The lowest BCUT2D eigenvalue weighted by Gasteiger charge is -2.28. The number of benzene rings is 2. The van der Waals surface area contributed by atoms with Crippen molar-refractivity contribution in [3.63, 3.8) is 0 Å². The lowest BCUT2D eigenvalue weighted by atomic mass is 10.2. The summed E-state index contributed by atoms with van der Waals surface area (Å²) >= 11 is 1.56. The first kappa shape index (κ1) is 18.8. The smallest absolute Gasteiger partial charge is 0.265 e. The van der Waals surface area contributed by atoms with E-state index < -0.39 is 5.91 Å². The van der Waals surface area contributed by atoms with Gasteiger partial charge in [0.05, 0.1) is 5.69 Å². The highest BCUT2D eigenvalue weighted by atomic mass is 32.2. The first-order valence-electron chi connectivity index (χ1n) is 8.41. The molecule has 3 rings (SSSR count). The minimum absolute atomic E-state index is 0.118. The molecule has 2 aromatic carbocycles. The minimum Gasteiger partial charge on any atom is -0.482 e. The minimum atomic E-state index is -0.482. The number of anilines is 1. The second kappa shape index (κ2) is 9.09. The Morgan fingerprint density at radius 3 is 2.52 bits per heavy atom. The van der Waals surface area contributed by atoms with Crippen LogP contribution in [0.1, 0.15) is 6.42 Å². The van der Waals surface area contributed by atoms with Crippen LogP contribution in [0.4, 0.5) is 5.69 Å². The predicted octanol–water partition coefficient (Wildman–Crippen LogP) is 1.74. The zero-order valence-electron chi connectivity index (χ0n) is 14.5. The van der Waals surface area contributed by atoms with Crippen molar-refractivity contribution in [2.45, 2.75) is 11.3 Å². The Balaban J connectivity index is 1.43. The molecule has 0 aliphatic carbocycles. The maximum absolute atomic E-state index is 12.1. The largest absolute Gasteiger partial charge is 0.482 e. The van der Waals surface area contributed by atoms with E-state index in [1.807, 2.05) is 30.3 Å². The average Bonchev–Trinajstić information content (AvgIpc) is 2.69. The van der Waals surface area contributed by atoms with E-state index in [9.17, 15) is 14.4 Å². The number of carbonyl (C=O) groups is 3. The molecule has 7 nitrogen and oxygen atoms in total. The van der Waals surface area contributed by atoms with Crippen molar-refractivity contribution in [3.8, 4) is 5.75 Å². The van der Waals surface area contributed by atoms with Gasteiger partial charge < -0.3 is 4.74 Å². The predicted molar refractivity (Wildman–Crippen MR) is 102 cm³/mol. The molecule has 0 spiro atoms. The lowest BCUT2D eigenvalue weighted by molar-refractivity contribution is -0.129. The van der Waals surface area contributed by atoms with Crippen LogP contribution in [0.3, 0.4) is 0 Å². The summed E-state index contributed by atoms with van der Waals surface area (Å²) in [5, 5.41) is 0. The Morgan fingerprint density at radius 1 is 1.00 bits per heavy atom. The number of nitrogens with zero attached hydrogens (tertiary/aromatic N) is 1. The topological polar surface area (TPSA) is 87.7 Å². The summed E-state index contributed by atoms with van der Waals surface area (Å²) < 4.78 is 5.33. The van der Waals surface area contributed by atoms with Crippen molar-refractivity contribution in [1.29, 1.82) is 0 Å². The van der Waals surface area contributed by atoms with Crippen molar-refractivity contribution in [1.82, 2.24) is 10.9 Å². The van der Waals surface area contributed by atoms with Crippen LogP contribution in [0.2, 0.25) is 0 Å². The summed E-state index contributed by atoms with van der Waals surface area (Å²) in [5.74, 6) is 0.0621. The van der Waals surface area contributed by atoms with Gasteiger partial charge in [0.1, 0.15) is 12.3 Å². The maximum Gasteiger partial charge on any atom is 0.265 e. The first-order valence-corrected chi connectivity index (χ1v) is 9.40. The fraction of sp³-hybridized carbons (Fsp3) is 0.211. The van der Waals surface area contributed by atoms with E-state index in [2.05, 4.69) is 10.9 Å². The summed E-state index contributed by atoms with van der Waals surface area (Å²) in [4.78, 5) is 38.4. The van der Waals surface area contributed by atoms with Gasteiger partial charge in [0, 0.05) is 17.1 Å². The van der Waals surface area contributed by atoms with Crippen molar-refractivity contribution >= 4 is 35.2 Å². The zero-order chi connectivity index (χ0) is 19.1. The first-order chi connectivity index (χ1) is 13.1. The molecule has 0 unspecified atom stereocenters. The van der Waals surface area contributed by atoms with Crippen LogP contribution >= 0.6 is 11.8 Å². The Labute approximate surface area is 161 Å². The van der Waals surface area contributed by atoms with E-state index in [1.54, 1.807) is 36.0 Å². The third-order valence-electron chi connectivity index (χ3n) is 3.79. The van der Waals surface area contributed by atoms with Gasteiger partial charge in [-0.05, 0) is 24.3 Å². The Kier molecular flexibility index (Phi) is 6.32. The number of hydrazine groups is 1. The molecule has 0 fully saturated rings. The molecule has 1 aliphatic rings. The van der Waals surface area contributed by atoms with Crippen molar-refractivity contribution < 1.29 is 19.1 Å². The highest BCUT2D eigenvalue weighted by Gasteiger charge is 2.26. The molecule has 2 N–H and O–H groups in total. The Morgan fingerprint density at radius 2 is 1.70 bits per heavy atom. The van der Waals surface area contributed by atoms with E-state index >= 15 is 0 Å². The van der Waals surface area contributed by atoms with E-state index in [0.29, 0.717) is 17.2 Å². The molecule has 0 atom stereocenters. The van der Waals surface area contributed by atoms with Crippen molar-refractivity contribution in [2.75, 3.05) is 23.8 Å². The van der Waals surface area contributed by atoms with Gasteiger partial charge in [0.25, 0.3) is 11.8 Å². The van der Waals surface area contributed by atoms with Crippen LogP contribution in [-0.4, -0.2) is 36.6 Å². The molecule has 0 saturated carbocycles. The molecular weight excluding hydrogens is 366 g/mol. The number of hydrogen-bond acceptors (Lipinski definition) is 5. The lowest BCUT2D eigenvalue weighted by Crippen LogP contribution is -2.49. The number of ether oxygens (including phenoxy) is 1. The summed E-state index contributed by atoms with van der Waals surface area (Å²) in [6, 6.07) is 16.8. The summed E-state index contributed by atoms with van der Waals surface area (Å²) in [6.45, 7) is -0.314. The fourth-order valence-electron chi connectivity index (χ4n) is 2.49. The molecule has 0 bridgehead atoms. The maximum atomic E-state index is 12.1. The molecular formula is C19H19N3O4S. The monoisotopic (exact) mass is 385 g/mol. The quantitative estimate of drug-likeness (QED) is 0.584. The van der Waals surface area contributed by atoms with Crippen LogP contribution in [0.5, 0.6) is 5.75 Å². The Hall–Kier alpha value is -3.00. The van der Waals surface area contributed by atoms with Gasteiger partial charge in [-0.3, -0.25) is 30.1 Å². The summed E-state index contributed by atoms with van der Waals surface area (Å²) in [7, 11) is 0. The molecule has 1 aliphatic heterocycles. The Bertz CT molecular complexity index is 829. The molecule has 3 amide bonds. The highest BCUT2D eigenvalue weighted by molar-refractivity contribution is 7.99. The molecule has 27 heavy (non-hydrogen) atoms. The SMILES string of the molecule is O=C(CCSc1ccccc1)NNC(=O)CN1C(=O)COc2ccccc21. The van der Waals surface area contributed by atoms with E-state index in [1.165, 1.54) is 4.90 Å². The number of rotatable bonds is 6. The highest BCUT2D eigenvalue weighted by Crippen LogP contribution is 2.31. The number of nitrogens with one attached hydrogen (secondary N) is 2. The van der Waals surface area contributed by atoms with Crippen molar-refractivity contribution in [3.05, 3.63) is 54.6 Å². The number of fused-ring (bicyclic) bond motifs is 1. The van der Waals surface area contributed by atoms with Crippen LogP contribution in [0.25, 0.3) is 0 Å². The number of carbonyl (C=O) groups excluding carboxylic acids is 3. The summed E-state index contributed by atoms with van der Waals surface area (Å²) in [6.07, 6.45) is 0.263. The molecule has 0 saturated heterocycles. The molecule has 0 aromatic heterocycles. The zero-order valence-corrected chi connectivity index (χ0v) is 15.3. The van der Waals surface area contributed by atoms with Gasteiger partial charge in [-0.25, -0.2) is 0 Å². The number of hydrogen-bond donors (Lipinski definition) is 2. The number of para-hydroxylation sites is 2. The van der Waals surface area contributed by atoms with Gasteiger partial charge in [-0.1, -0.05) is 30.3 Å². The second-order valence-electron chi connectivity index (χ2n) is 5.74. The van der Waals surface area contributed by atoms with E-state index in [-0.39, 0.29) is 31.4 Å². The third kappa shape index (κ3) is 5.24. The van der Waals surface area contributed by atoms with Gasteiger partial charge in [-0.2, -0.15) is 0 Å². The van der Waals surface area contributed by atoms with E-state index in [4.69, 9.17) is 4.74 Å². The van der Waals surface area contributed by atoms with Crippen LogP contribution in [0, 0.1) is 0 Å². The molecule has 2 aromatic rings. The van der Waals surface area contributed by atoms with Crippen molar-refractivity contribution in [2.24, 2.45) is 0 Å². The fourth-order valence-corrected chi connectivity index (χ4v) is 3.36. The molecule has 140 valence electrons. The van der Waals surface area contributed by atoms with Crippen LogP contribution < -0.4 is 20.5 Å². The standard InChI is InChI=1S/C19H19N3O4S/c23-17(10-11-27-14-6-2-1-3-7-14)20-21-18(24)12-22-15-8-4-5-9-16(15)26-13-19(22)25/h1-9H,10-13H2,(H,20,23)(H,21,24). The second-order valence-corrected chi connectivity index (χ2v) is 6.91. The van der Waals surface area contributed by atoms with Crippen LogP contribution in [0.15, 0.2) is 59.5 Å². The molecule has 8 heteroatoms. The number of amides is 3. The summed E-state index contributed by atoms with van der Waals surface area (Å²) in [5.41, 5.74) is 5.26. The molecule has 0 radical (unpaired) electrons. The average molecular weight is 385 g/mol. The van der Waals surface area contributed by atoms with Gasteiger partial charge in [0.15, 0.2) is 6.61 Å². The van der Waals surface area contributed by atoms with Crippen LogP contribution in [-0.2, 0) is 14.4 Å². The number of thioether (sulfide) groups is 1. The van der Waals surface area contributed by atoms with Gasteiger partial charge in [0.2, 0.25) is 5.91 Å². The third-order valence-corrected chi connectivity index (χ3v) is 4.81.